The molecular formula is C24H19ClO4. The highest BCUT2D eigenvalue weighted by molar-refractivity contribution is 6.31. The van der Waals surface area contributed by atoms with Crippen molar-refractivity contribution >= 4 is 22.6 Å². The van der Waals surface area contributed by atoms with E-state index in [-0.39, 0.29) is 11.2 Å². The van der Waals surface area contributed by atoms with Crippen LogP contribution in [0, 0.1) is 0 Å². The van der Waals surface area contributed by atoms with Crippen LogP contribution in [0.5, 0.6) is 17.2 Å². The van der Waals surface area contributed by atoms with Crippen LogP contribution in [0.1, 0.15) is 18.1 Å². The molecule has 0 fully saturated rings. The molecule has 5 heteroatoms. The molecule has 0 atom stereocenters. The van der Waals surface area contributed by atoms with E-state index in [0.29, 0.717) is 34.1 Å². The van der Waals surface area contributed by atoms with Crippen LogP contribution in [0.4, 0.5) is 0 Å². The molecule has 0 radical (unpaired) electrons. The molecular weight excluding hydrogens is 388 g/mol. The number of para-hydroxylation sites is 1. The first-order chi connectivity index (χ1) is 14.2. The van der Waals surface area contributed by atoms with Crippen LogP contribution in [0.3, 0.4) is 0 Å². The third-order valence-electron chi connectivity index (χ3n) is 4.64. The van der Waals surface area contributed by atoms with Crippen molar-refractivity contribution in [3.8, 4) is 17.2 Å². The van der Waals surface area contributed by atoms with Crippen molar-refractivity contribution in [3.63, 3.8) is 0 Å². The summed E-state index contributed by atoms with van der Waals surface area (Å²) in [4.78, 5) is 12.8. The molecule has 1 aromatic heterocycles. The van der Waals surface area contributed by atoms with E-state index in [9.17, 15) is 4.79 Å². The Bertz CT molecular complexity index is 1210. The molecule has 4 nitrogen and oxygen atoms in total. The van der Waals surface area contributed by atoms with Crippen LogP contribution in [0.2, 0.25) is 5.02 Å². The largest absolute Gasteiger partial charge is 0.489 e. The summed E-state index contributed by atoms with van der Waals surface area (Å²) in [6.07, 6.45) is 2.15. The van der Waals surface area contributed by atoms with Crippen LogP contribution in [0.15, 0.2) is 82.2 Å². The molecule has 1 heterocycles. The Labute approximate surface area is 173 Å². The first kappa shape index (κ1) is 19.1. The maximum absolute atomic E-state index is 12.8. The molecule has 0 N–H and O–H groups in total. The summed E-state index contributed by atoms with van der Waals surface area (Å²) in [5.41, 5.74) is 2.11. The van der Waals surface area contributed by atoms with Gasteiger partial charge in [0.05, 0.1) is 5.39 Å². The quantitative estimate of drug-likeness (QED) is 0.372. The Morgan fingerprint density at radius 1 is 0.931 bits per heavy atom. The van der Waals surface area contributed by atoms with Gasteiger partial charge in [0, 0.05) is 16.7 Å². The lowest BCUT2D eigenvalue weighted by atomic mass is 10.1. The second-order valence-corrected chi connectivity index (χ2v) is 6.94. The number of fused-ring (bicyclic) bond motifs is 1. The van der Waals surface area contributed by atoms with Gasteiger partial charge < -0.3 is 13.9 Å². The Morgan fingerprint density at radius 3 is 2.48 bits per heavy atom. The molecule has 0 aliphatic carbocycles. The minimum Gasteiger partial charge on any atom is -0.489 e. The van der Waals surface area contributed by atoms with E-state index in [2.05, 4.69) is 0 Å². The number of aryl methyl sites for hydroxylation is 1. The van der Waals surface area contributed by atoms with Gasteiger partial charge in [0.1, 0.15) is 30.0 Å². The minimum absolute atomic E-state index is 0.156. The van der Waals surface area contributed by atoms with Crippen molar-refractivity contribution in [1.29, 1.82) is 0 Å². The van der Waals surface area contributed by atoms with Crippen molar-refractivity contribution in [2.75, 3.05) is 0 Å². The zero-order chi connectivity index (χ0) is 20.2. The molecule has 0 aliphatic heterocycles. The average molecular weight is 407 g/mol. The summed E-state index contributed by atoms with van der Waals surface area (Å²) < 4.78 is 17.3. The Balaban J connectivity index is 1.58. The summed E-state index contributed by atoms with van der Waals surface area (Å²) in [5.74, 6) is 1.40. The number of rotatable bonds is 6. The van der Waals surface area contributed by atoms with Gasteiger partial charge >= 0.3 is 0 Å². The summed E-state index contributed by atoms with van der Waals surface area (Å²) >= 11 is 6.16. The van der Waals surface area contributed by atoms with E-state index in [4.69, 9.17) is 25.5 Å². The van der Waals surface area contributed by atoms with Crippen molar-refractivity contribution in [2.24, 2.45) is 0 Å². The number of hydrogen-bond acceptors (Lipinski definition) is 4. The van der Waals surface area contributed by atoms with Crippen LogP contribution in [-0.4, -0.2) is 0 Å². The monoisotopic (exact) mass is 406 g/mol. The molecule has 3 aromatic carbocycles. The normalized spacial score (nSPS) is 10.8. The second kappa shape index (κ2) is 8.41. The number of benzene rings is 3. The molecule has 0 amide bonds. The van der Waals surface area contributed by atoms with Crippen molar-refractivity contribution in [2.45, 2.75) is 20.0 Å². The van der Waals surface area contributed by atoms with Crippen LogP contribution in [-0.2, 0) is 13.0 Å². The molecule has 0 aliphatic rings. The van der Waals surface area contributed by atoms with Gasteiger partial charge in [0.15, 0.2) is 0 Å². The lowest BCUT2D eigenvalue weighted by Gasteiger charge is -2.10. The van der Waals surface area contributed by atoms with Gasteiger partial charge in [-0.2, -0.15) is 0 Å². The van der Waals surface area contributed by atoms with Gasteiger partial charge in [-0.05, 0) is 36.2 Å². The van der Waals surface area contributed by atoms with Crippen molar-refractivity contribution < 1.29 is 13.9 Å². The summed E-state index contributed by atoms with van der Waals surface area (Å²) in [7, 11) is 0. The summed E-state index contributed by atoms with van der Waals surface area (Å²) in [6, 6.07) is 20.2. The molecule has 0 bridgehead atoms. The number of ether oxygens (including phenoxy) is 2. The fraction of sp³-hybridized carbons (Fsp3) is 0.125. The highest BCUT2D eigenvalue weighted by Crippen LogP contribution is 2.27. The number of halogens is 1. The SMILES string of the molecule is CCc1ccccc1Oc1coc2cc(OCc3ccccc3Cl)ccc2c1=O. The van der Waals surface area contributed by atoms with Gasteiger partial charge in [0.2, 0.25) is 11.2 Å². The molecule has 4 rings (SSSR count). The van der Waals surface area contributed by atoms with E-state index in [1.807, 2.05) is 55.5 Å². The van der Waals surface area contributed by atoms with Gasteiger partial charge in [-0.1, -0.05) is 54.9 Å². The third-order valence-corrected chi connectivity index (χ3v) is 5.01. The topological polar surface area (TPSA) is 48.7 Å². The fourth-order valence-corrected chi connectivity index (χ4v) is 3.23. The molecule has 0 unspecified atom stereocenters. The smallest absolute Gasteiger partial charge is 0.235 e. The van der Waals surface area contributed by atoms with E-state index in [1.54, 1.807) is 18.2 Å². The maximum Gasteiger partial charge on any atom is 0.235 e. The zero-order valence-electron chi connectivity index (χ0n) is 15.9. The van der Waals surface area contributed by atoms with E-state index >= 15 is 0 Å². The summed E-state index contributed by atoms with van der Waals surface area (Å²) in [6.45, 7) is 2.36. The van der Waals surface area contributed by atoms with Gasteiger partial charge in [0.25, 0.3) is 0 Å². The first-order valence-corrected chi connectivity index (χ1v) is 9.71. The average Bonchev–Trinajstić information content (AvgIpc) is 2.75. The fourth-order valence-electron chi connectivity index (χ4n) is 3.04. The molecule has 0 saturated carbocycles. The third kappa shape index (κ3) is 4.13. The maximum atomic E-state index is 12.8. The van der Waals surface area contributed by atoms with Crippen molar-refractivity contribution in [3.05, 3.63) is 99.4 Å². The number of hydrogen-bond donors (Lipinski definition) is 0. The van der Waals surface area contributed by atoms with Crippen LogP contribution in [0.25, 0.3) is 11.0 Å². The molecule has 29 heavy (non-hydrogen) atoms. The standard InChI is InChI=1S/C24H19ClO4/c1-2-16-7-4-6-10-21(16)29-23-15-28-22-13-18(11-12-19(22)24(23)26)27-14-17-8-3-5-9-20(17)25/h3-13,15H,2,14H2,1H3. The predicted octanol–water partition coefficient (Wildman–Crippen LogP) is 6.38. The predicted molar refractivity (Wildman–Crippen MR) is 114 cm³/mol. The lowest BCUT2D eigenvalue weighted by molar-refractivity contribution is 0.306. The van der Waals surface area contributed by atoms with E-state index in [0.717, 1.165) is 17.5 Å². The Morgan fingerprint density at radius 2 is 1.69 bits per heavy atom. The van der Waals surface area contributed by atoms with Gasteiger partial charge in [-0.25, -0.2) is 0 Å². The van der Waals surface area contributed by atoms with Crippen LogP contribution >= 0.6 is 11.6 Å². The lowest BCUT2D eigenvalue weighted by Crippen LogP contribution is -2.06. The molecule has 4 aromatic rings. The van der Waals surface area contributed by atoms with Gasteiger partial charge in [-0.15, -0.1) is 0 Å². The molecule has 146 valence electrons. The summed E-state index contributed by atoms with van der Waals surface area (Å²) in [5, 5.41) is 1.08. The Hall–Kier alpha value is -3.24. The molecule has 0 saturated heterocycles. The highest BCUT2D eigenvalue weighted by atomic mass is 35.5. The second-order valence-electron chi connectivity index (χ2n) is 6.53. The zero-order valence-corrected chi connectivity index (χ0v) is 16.6. The van der Waals surface area contributed by atoms with Crippen LogP contribution < -0.4 is 14.9 Å². The Kier molecular flexibility index (Phi) is 5.54. The highest BCUT2D eigenvalue weighted by Gasteiger charge is 2.12. The van der Waals surface area contributed by atoms with E-state index < -0.39 is 0 Å². The first-order valence-electron chi connectivity index (χ1n) is 9.33. The van der Waals surface area contributed by atoms with E-state index in [1.165, 1.54) is 6.26 Å². The van der Waals surface area contributed by atoms with Crippen molar-refractivity contribution in [1.82, 2.24) is 0 Å². The van der Waals surface area contributed by atoms with Gasteiger partial charge in [-0.3, -0.25) is 4.79 Å². The minimum atomic E-state index is -0.227. The molecule has 0 spiro atoms.